The van der Waals surface area contributed by atoms with Gasteiger partial charge in [-0.05, 0) is 20.8 Å². The number of rotatable bonds is 2. The van der Waals surface area contributed by atoms with Gasteiger partial charge in [-0.3, -0.25) is 19.6 Å². The van der Waals surface area contributed by atoms with Crippen LogP contribution in [0.2, 0.25) is 0 Å². The first-order valence-corrected chi connectivity index (χ1v) is 7.50. The largest absolute Gasteiger partial charge is 0.296 e. The molecule has 0 saturated carbocycles. The predicted octanol–water partition coefficient (Wildman–Crippen LogP) is 1.67. The van der Waals surface area contributed by atoms with Gasteiger partial charge in [-0.1, -0.05) is 0 Å². The molecule has 1 N–H and O–H groups in total. The zero-order valence-corrected chi connectivity index (χ0v) is 13.5. The van der Waals surface area contributed by atoms with E-state index < -0.39 is 0 Å². The first-order valence-electron chi connectivity index (χ1n) is 6.68. The fraction of sp³-hybridized carbons (Fsp3) is 0.286. The zero-order chi connectivity index (χ0) is 16.0. The summed E-state index contributed by atoms with van der Waals surface area (Å²) in [5.41, 5.74) is 2.09. The lowest BCUT2D eigenvalue weighted by atomic mass is 10.4. The van der Waals surface area contributed by atoms with Crippen LogP contribution in [0, 0.1) is 20.8 Å². The van der Waals surface area contributed by atoms with Crippen molar-refractivity contribution in [3.63, 3.8) is 0 Å². The summed E-state index contributed by atoms with van der Waals surface area (Å²) in [6, 6.07) is 3.03. The Bertz CT molecular complexity index is 931. The molecule has 0 saturated heterocycles. The van der Waals surface area contributed by atoms with E-state index >= 15 is 0 Å². The fourth-order valence-electron chi connectivity index (χ4n) is 2.23. The molecule has 22 heavy (non-hydrogen) atoms. The molecule has 0 aliphatic rings. The molecule has 0 aliphatic carbocycles. The highest BCUT2D eigenvalue weighted by atomic mass is 32.1. The maximum Gasteiger partial charge on any atom is 0.275 e. The van der Waals surface area contributed by atoms with Gasteiger partial charge >= 0.3 is 0 Å². The molecule has 114 valence electrons. The van der Waals surface area contributed by atoms with E-state index in [-0.39, 0.29) is 11.5 Å². The van der Waals surface area contributed by atoms with Gasteiger partial charge < -0.3 is 0 Å². The van der Waals surface area contributed by atoms with E-state index in [2.05, 4.69) is 15.3 Å². The topological polar surface area (TPSA) is 81.3 Å². The highest BCUT2D eigenvalue weighted by Gasteiger charge is 2.17. The van der Waals surface area contributed by atoms with E-state index in [1.54, 1.807) is 20.0 Å². The monoisotopic (exact) mass is 317 g/mol. The molecule has 0 unspecified atom stereocenters. The van der Waals surface area contributed by atoms with Crippen molar-refractivity contribution in [2.45, 2.75) is 20.8 Å². The Balaban J connectivity index is 2.02. The highest BCUT2D eigenvalue weighted by molar-refractivity contribution is 7.15. The number of amides is 1. The van der Waals surface area contributed by atoms with Gasteiger partial charge in [0.1, 0.15) is 5.69 Å². The minimum absolute atomic E-state index is 0.218. The molecule has 0 radical (unpaired) electrons. The number of aryl methyl sites for hydroxylation is 4. The van der Waals surface area contributed by atoms with Gasteiger partial charge in [0.2, 0.25) is 0 Å². The molecule has 0 bridgehead atoms. The van der Waals surface area contributed by atoms with Crippen molar-refractivity contribution in [3.05, 3.63) is 44.4 Å². The lowest BCUT2D eigenvalue weighted by Crippen LogP contribution is -2.23. The summed E-state index contributed by atoms with van der Waals surface area (Å²) in [7, 11) is 1.65. The lowest BCUT2D eigenvalue weighted by Gasteiger charge is -2.04. The van der Waals surface area contributed by atoms with Gasteiger partial charge in [0.15, 0.2) is 10.8 Å². The Morgan fingerprint density at radius 1 is 1.23 bits per heavy atom. The highest BCUT2D eigenvalue weighted by Crippen LogP contribution is 2.21. The normalized spacial score (nSPS) is 11.1. The summed E-state index contributed by atoms with van der Waals surface area (Å²) >= 11 is 1.42. The smallest absolute Gasteiger partial charge is 0.275 e. The molecule has 3 heterocycles. The van der Waals surface area contributed by atoms with Crippen LogP contribution in [0.3, 0.4) is 0 Å². The zero-order valence-electron chi connectivity index (χ0n) is 12.7. The fourth-order valence-corrected chi connectivity index (χ4v) is 3.04. The molecule has 3 aromatic heterocycles. The Kier molecular flexibility index (Phi) is 3.32. The third kappa shape index (κ3) is 2.31. The molecular weight excluding hydrogens is 302 g/mol. The van der Waals surface area contributed by atoms with E-state index in [1.807, 2.05) is 13.8 Å². The summed E-state index contributed by atoms with van der Waals surface area (Å²) in [4.78, 5) is 34.1. The molecule has 0 atom stereocenters. The molecule has 8 heteroatoms. The number of anilines is 1. The minimum Gasteiger partial charge on any atom is -0.296 e. The van der Waals surface area contributed by atoms with Gasteiger partial charge in [0.05, 0.1) is 5.69 Å². The Morgan fingerprint density at radius 3 is 2.59 bits per heavy atom. The Labute approximate surface area is 130 Å². The average Bonchev–Trinajstić information content (AvgIpc) is 2.90. The van der Waals surface area contributed by atoms with Gasteiger partial charge in [0.25, 0.3) is 11.5 Å². The van der Waals surface area contributed by atoms with E-state index in [1.165, 1.54) is 26.6 Å². The first kappa shape index (κ1) is 14.5. The number of hydrogen-bond acceptors (Lipinski definition) is 5. The summed E-state index contributed by atoms with van der Waals surface area (Å²) in [6.45, 7) is 5.59. The van der Waals surface area contributed by atoms with Gasteiger partial charge in [0, 0.05) is 29.8 Å². The molecule has 0 spiro atoms. The Morgan fingerprint density at radius 2 is 1.95 bits per heavy atom. The quantitative estimate of drug-likeness (QED) is 0.779. The Hall–Kier alpha value is -2.48. The second kappa shape index (κ2) is 5.06. The number of hydrogen-bond donors (Lipinski definition) is 1. The standard InChI is InChI=1S/C14H15N5O2S/c1-7-5-12(20)19-11(15-7)6-10(18(19)4)13(21)17-14-16-8(2)9(3)22-14/h5-6H,1-4H3,(H,16,17,21). The first-order chi connectivity index (χ1) is 10.4. The summed E-state index contributed by atoms with van der Waals surface area (Å²) < 4.78 is 2.85. The third-order valence-corrected chi connectivity index (χ3v) is 4.43. The SMILES string of the molecule is Cc1cc(=O)n2c(cc(C(=O)Nc3nc(C)c(C)s3)n2C)n1. The third-order valence-electron chi connectivity index (χ3n) is 3.45. The number of thiazole rings is 1. The molecule has 0 fully saturated rings. The van der Waals surface area contributed by atoms with Crippen molar-refractivity contribution < 1.29 is 4.79 Å². The van der Waals surface area contributed by atoms with Gasteiger partial charge in [-0.15, -0.1) is 11.3 Å². The van der Waals surface area contributed by atoms with Crippen molar-refractivity contribution in [1.29, 1.82) is 0 Å². The molecule has 3 aromatic rings. The van der Waals surface area contributed by atoms with Crippen molar-refractivity contribution >= 4 is 28.0 Å². The van der Waals surface area contributed by atoms with Crippen LogP contribution in [-0.2, 0) is 7.05 Å². The molecule has 0 aromatic carbocycles. The van der Waals surface area contributed by atoms with Crippen LogP contribution >= 0.6 is 11.3 Å². The van der Waals surface area contributed by atoms with Crippen molar-refractivity contribution in [3.8, 4) is 0 Å². The number of fused-ring (bicyclic) bond motifs is 1. The lowest BCUT2D eigenvalue weighted by molar-refractivity contribution is 0.101. The van der Waals surface area contributed by atoms with Crippen LogP contribution < -0.4 is 10.9 Å². The number of aromatic nitrogens is 4. The number of nitrogens with zero attached hydrogens (tertiary/aromatic N) is 4. The molecule has 0 aliphatic heterocycles. The second-order valence-electron chi connectivity index (χ2n) is 5.07. The van der Waals surface area contributed by atoms with Crippen molar-refractivity contribution in [2.75, 3.05) is 5.32 Å². The van der Waals surface area contributed by atoms with E-state index in [0.29, 0.717) is 22.2 Å². The van der Waals surface area contributed by atoms with Crippen LogP contribution in [0.4, 0.5) is 5.13 Å². The maximum absolute atomic E-state index is 12.4. The van der Waals surface area contributed by atoms with Gasteiger partial charge in [-0.25, -0.2) is 9.97 Å². The van der Waals surface area contributed by atoms with Crippen LogP contribution in [0.25, 0.3) is 5.65 Å². The maximum atomic E-state index is 12.4. The number of carbonyl (C=O) groups excluding carboxylic acids is 1. The van der Waals surface area contributed by atoms with E-state index in [4.69, 9.17) is 0 Å². The van der Waals surface area contributed by atoms with E-state index in [9.17, 15) is 9.59 Å². The van der Waals surface area contributed by atoms with Crippen molar-refractivity contribution in [2.24, 2.45) is 7.05 Å². The molecular formula is C14H15N5O2S. The van der Waals surface area contributed by atoms with Crippen LogP contribution in [0.15, 0.2) is 16.9 Å². The number of nitrogens with one attached hydrogen (secondary N) is 1. The van der Waals surface area contributed by atoms with Crippen LogP contribution in [0.5, 0.6) is 0 Å². The summed E-state index contributed by atoms with van der Waals surface area (Å²) in [5.74, 6) is -0.321. The van der Waals surface area contributed by atoms with E-state index in [0.717, 1.165) is 10.6 Å². The average molecular weight is 317 g/mol. The van der Waals surface area contributed by atoms with Crippen LogP contribution in [0.1, 0.15) is 26.8 Å². The molecule has 3 rings (SSSR count). The van der Waals surface area contributed by atoms with Crippen LogP contribution in [-0.4, -0.2) is 25.1 Å². The second-order valence-corrected chi connectivity index (χ2v) is 6.28. The minimum atomic E-state index is -0.321. The summed E-state index contributed by atoms with van der Waals surface area (Å²) in [6.07, 6.45) is 0. The molecule has 7 nitrogen and oxygen atoms in total. The van der Waals surface area contributed by atoms with Gasteiger partial charge in [-0.2, -0.15) is 4.52 Å². The summed E-state index contributed by atoms with van der Waals surface area (Å²) in [5, 5.41) is 3.30. The number of carbonyl (C=O) groups is 1. The van der Waals surface area contributed by atoms with Crippen molar-refractivity contribution in [1.82, 2.24) is 19.2 Å². The molecule has 1 amide bonds. The predicted molar refractivity (Wildman–Crippen MR) is 84.7 cm³/mol.